The Labute approximate surface area is 102 Å². The maximum atomic E-state index is 13.3. The third-order valence-electron chi connectivity index (χ3n) is 2.03. The highest BCUT2D eigenvalue weighted by Crippen LogP contribution is 2.24. The Morgan fingerprint density at radius 2 is 2.24 bits per heavy atom. The van der Waals surface area contributed by atoms with E-state index in [9.17, 15) is 9.50 Å². The van der Waals surface area contributed by atoms with Crippen LogP contribution in [0, 0.1) is 5.82 Å². The summed E-state index contributed by atoms with van der Waals surface area (Å²) in [5.41, 5.74) is 0. The summed E-state index contributed by atoms with van der Waals surface area (Å²) in [7, 11) is 0. The van der Waals surface area contributed by atoms with Gasteiger partial charge in [-0.25, -0.2) is 4.39 Å². The lowest BCUT2D eigenvalue weighted by molar-refractivity contribution is 0.151. The molecular formula is C11H11FN2O2S. The number of benzene rings is 1. The second kappa shape index (κ2) is 5.29. The van der Waals surface area contributed by atoms with Crippen molar-refractivity contribution in [2.24, 2.45) is 0 Å². The zero-order chi connectivity index (χ0) is 12.3. The topological polar surface area (TPSA) is 59.2 Å². The molecule has 90 valence electrons. The van der Waals surface area contributed by atoms with Gasteiger partial charge in [0.05, 0.1) is 5.75 Å². The molecule has 6 heteroatoms. The number of aliphatic hydroxyl groups is 1. The van der Waals surface area contributed by atoms with E-state index in [1.54, 1.807) is 25.1 Å². The summed E-state index contributed by atoms with van der Waals surface area (Å²) in [5, 5.41) is 12.9. The molecule has 0 aliphatic carbocycles. The Morgan fingerprint density at radius 3 is 2.88 bits per heavy atom. The first-order valence-corrected chi connectivity index (χ1v) is 6.03. The lowest BCUT2D eigenvalue weighted by Gasteiger charge is -1.99. The highest BCUT2D eigenvalue weighted by molar-refractivity contribution is 7.98. The zero-order valence-corrected chi connectivity index (χ0v) is 9.95. The van der Waals surface area contributed by atoms with Crippen LogP contribution in [0.3, 0.4) is 0 Å². The van der Waals surface area contributed by atoms with Crippen molar-refractivity contribution in [3.63, 3.8) is 0 Å². The van der Waals surface area contributed by atoms with E-state index in [1.165, 1.54) is 17.8 Å². The lowest BCUT2D eigenvalue weighted by Crippen LogP contribution is -1.91. The molecule has 4 nitrogen and oxygen atoms in total. The number of aromatic nitrogens is 2. The maximum absolute atomic E-state index is 13.3. The Balaban J connectivity index is 2.00. The van der Waals surface area contributed by atoms with Gasteiger partial charge < -0.3 is 9.63 Å². The van der Waals surface area contributed by atoms with Crippen LogP contribution in [0.4, 0.5) is 4.39 Å². The normalized spacial score (nSPS) is 12.6. The molecule has 2 aromatic rings. The van der Waals surface area contributed by atoms with Crippen molar-refractivity contribution in [3.05, 3.63) is 41.8 Å². The summed E-state index contributed by atoms with van der Waals surface area (Å²) < 4.78 is 18.1. The third kappa shape index (κ3) is 3.04. The van der Waals surface area contributed by atoms with Crippen molar-refractivity contribution in [2.75, 3.05) is 0 Å². The monoisotopic (exact) mass is 254 g/mol. The molecule has 2 rings (SSSR count). The first kappa shape index (κ1) is 12.1. The van der Waals surface area contributed by atoms with Gasteiger partial charge in [0, 0.05) is 4.90 Å². The van der Waals surface area contributed by atoms with E-state index in [-0.39, 0.29) is 11.7 Å². The van der Waals surface area contributed by atoms with Crippen molar-refractivity contribution in [2.45, 2.75) is 23.7 Å². The molecule has 0 fully saturated rings. The largest absolute Gasteiger partial charge is 0.384 e. The number of thioether (sulfide) groups is 1. The van der Waals surface area contributed by atoms with Crippen LogP contribution >= 0.6 is 11.8 Å². The van der Waals surface area contributed by atoms with Crippen LogP contribution in [0.2, 0.25) is 0 Å². The number of hydrogen-bond acceptors (Lipinski definition) is 5. The first-order valence-electron chi connectivity index (χ1n) is 5.04. The molecule has 1 atom stereocenters. The maximum Gasteiger partial charge on any atom is 0.255 e. The summed E-state index contributed by atoms with van der Waals surface area (Å²) in [5.74, 6) is 0.747. The summed E-state index contributed by atoms with van der Waals surface area (Å²) in [6.07, 6.45) is -0.783. The third-order valence-corrected chi connectivity index (χ3v) is 3.08. The minimum absolute atomic E-state index is 0.175. The average molecular weight is 254 g/mol. The smallest absolute Gasteiger partial charge is 0.255 e. The molecule has 17 heavy (non-hydrogen) atoms. The molecule has 0 amide bonds. The van der Waals surface area contributed by atoms with Gasteiger partial charge in [0.25, 0.3) is 5.89 Å². The number of nitrogens with zero attached hydrogens (tertiary/aromatic N) is 2. The molecule has 0 saturated carbocycles. The summed E-state index contributed by atoms with van der Waals surface area (Å²) in [6.45, 7) is 1.54. The van der Waals surface area contributed by atoms with Gasteiger partial charge in [-0.1, -0.05) is 17.3 Å². The SMILES string of the molecule is CC(O)c1nc(CSc2ccccc2F)no1. The fourth-order valence-corrected chi connectivity index (χ4v) is 1.98. The number of aliphatic hydroxyl groups excluding tert-OH is 1. The molecule has 1 unspecified atom stereocenters. The minimum Gasteiger partial charge on any atom is -0.384 e. The van der Waals surface area contributed by atoms with Gasteiger partial charge in [-0.05, 0) is 19.1 Å². The van der Waals surface area contributed by atoms with Gasteiger partial charge in [-0.2, -0.15) is 4.98 Å². The molecular weight excluding hydrogens is 243 g/mol. The second-order valence-corrected chi connectivity index (χ2v) is 4.46. The van der Waals surface area contributed by atoms with Gasteiger partial charge in [0.1, 0.15) is 11.9 Å². The predicted molar refractivity (Wildman–Crippen MR) is 60.9 cm³/mol. The van der Waals surface area contributed by atoms with Crippen molar-refractivity contribution in [1.29, 1.82) is 0 Å². The van der Waals surface area contributed by atoms with Crippen LogP contribution in [0.5, 0.6) is 0 Å². The molecule has 1 aromatic heterocycles. The van der Waals surface area contributed by atoms with E-state index in [2.05, 4.69) is 10.1 Å². The van der Waals surface area contributed by atoms with E-state index in [1.807, 2.05) is 0 Å². The van der Waals surface area contributed by atoms with Gasteiger partial charge >= 0.3 is 0 Å². The van der Waals surface area contributed by atoms with Gasteiger partial charge in [0.15, 0.2) is 5.82 Å². The molecule has 0 radical (unpaired) electrons. The Hall–Kier alpha value is -1.40. The highest BCUT2D eigenvalue weighted by Gasteiger charge is 2.11. The van der Waals surface area contributed by atoms with E-state index < -0.39 is 6.10 Å². The summed E-state index contributed by atoms with van der Waals surface area (Å²) in [6, 6.07) is 6.50. The average Bonchev–Trinajstić information content (AvgIpc) is 2.77. The fourth-order valence-electron chi connectivity index (χ4n) is 1.20. The summed E-state index contributed by atoms with van der Waals surface area (Å²) >= 11 is 1.28. The van der Waals surface area contributed by atoms with E-state index in [4.69, 9.17) is 4.52 Å². The molecule has 0 bridgehead atoms. The van der Waals surface area contributed by atoms with E-state index in [0.29, 0.717) is 16.5 Å². The zero-order valence-electron chi connectivity index (χ0n) is 9.13. The first-order chi connectivity index (χ1) is 8.16. The Kier molecular flexibility index (Phi) is 3.75. The Bertz CT molecular complexity index is 502. The second-order valence-electron chi connectivity index (χ2n) is 3.44. The van der Waals surface area contributed by atoms with E-state index in [0.717, 1.165) is 0 Å². The molecule has 1 aromatic carbocycles. The number of halogens is 1. The molecule has 1 N–H and O–H groups in total. The van der Waals surface area contributed by atoms with Crippen LogP contribution in [0.15, 0.2) is 33.7 Å². The lowest BCUT2D eigenvalue weighted by atomic mass is 10.3. The number of rotatable bonds is 4. The molecule has 0 aliphatic heterocycles. The van der Waals surface area contributed by atoms with Crippen LogP contribution in [-0.2, 0) is 5.75 Å². The van der Waals surface area contributed by atoms with Crippen LogP contribution in [0.1, 0.15) is 24.7 Å². The van der Waals surface area contributed by atoms with Crippen molar-refractivity contribution in [1.82, 2.24) is 10.1 Å². The molecule has 0 spiro atoms. The summed E-state index contributed by atoms with van der Waals surface area (Å²) in [4.78, 5) is 4.52. The van der Waals surface area contributed by atoms with Crippen molar-refractivity contribution in [3.8, 4) is 0 Å². The van der Waals surface area contributed by atoms with Crippen molar-refractivity contribution < 1.29 is 14.0 Å². The molecule has 0 aliphatic rings. The van der Waals surface area contributed by atoms with Gasteiger partial charge in [-0.3, -0.25) is 0 Å². The number of hydrogen-bond donors (Lipinski definition) is 1. The van der Waals surface area contributed by atoms with Gasteiger partial charge in [0.2, 0.25) is 0 Å². The van der Waals surface area contributed by atoms with E-state index >= 15 is 0 Å². The molecule has 0 saturated heterocycles. The van der Waals surface area contributed by atoms with Crippen LogP contribution in [-0.4, -0.2) is 15.2 Å². The standard InChI is InChI=1S/C11H11FN2O2S/c1-7(15)11-13-10(14-16-11)6-17-9-5-3-2-4-8(9)12/h2-5,7,15H,6H2,1H3. The Morgan fingerprint density at radius 1 is 1.47 bits per heavy atom. The quantitative estimate of drug-likeness (QED) is 0.850. The predicted octanol–water partition coefficient (Wildman–Crippen LogP) is 2.55. The van der Waals surface area contributed by atoms with Crippen molar-refractivity contribution >= 4 is 11.8 Å². The minimum atomic E-state index is -0.783. The van der Waals surface area contributed by atoms with Crippen LogP contribution < -0.4 is 0 Å². The highest BCUT2D eigenvalue weighted by atomic mass is 32.2. The fraction of sp³-hybridized carbons (Fsp3) is 0.273. The molecule has 1 heterocycles. The van der Waals surface area contributed by atoms with Crippen LogP contribution in [0.25, 0.3) is 0 Å². The van der Waals surface area contributed by atoms with Gasteiger partial charge in [-0.15, -0.1) is 11.8 Å².